The normalized spacial score (nSPS) is 20.3. The molecule has 1 aliphatic rings. The third-order valence-corrected chi connectivity index (χ3v) is 3.32. The molecule has 1 fully saturated rings. The van der Waals surface area contributed by atoms with E-state index in [4.69, 9.17) is 10.5 Å². The van der Waals surface area contributed by atoms with Gasteiger partial charge in [-0.3, -0.25) is 0 Å². The van der Waals surface area contributed by atoms with Crippen molar-refractivity contribution in [1.29, 1.82) is 0 Å². The summed E-state index contributed by atoms with van der Waals surface area (Å²) in [6.07, 6.45) is 1.92. The van der Waals surface area contributed by atoms with E-state index in [2.05, 4.69) is 4.90 Å². The van der Waals surface area contributed by atoms with Crippen LogP contribution in [0.2, 0.25) is 0 Å². The van der Waals surface area contributed by atoms with Crippen LogP contribution in [0.15, 0.2) is 18.2 Å². The Kier molecular flexibility index (Phi) is 4.55. The summed E-state index contributed by atoms with van der Waals surface area (Å²) >= 11 is 0. The maximum atomic E-state index is 13.6. The third kappa shape index (κ3) is 3.43. The highest BCUT2D eigenvalue weighted by Gasteiger charge is 2.18. The predicted molar refractivity (Wildman–Crippen MR) is 70.3 cm³/mol. The minimum atomic E-state index is -0.271. The van der Waals surface area contributed by atoms with Gasteiger partial charge in [0.1, 0.15) is 0 Å². The molecule has 0 saturated carbocycles. The first-order valence-electron chi connectivity index (χ1n) is 6.58. The molecule has 1 saturated heterocycles. The molecule has 100 valence electrons. The summed E-state index contributed by atoms with van der Waals surface area (Å²) in [6, 6.07) is 5.52. The molecule has 0 unspecified atom stereocenters. The van der Waals surface area contributed by atoms with Crippen molar-refractivity contribution in [1.82, 2.24) is 4.90 Å². The molecular weight excluding hydrogens is 231 g/mol. The van der Waals surface area contributed by atoms with Crippen LogP contribution < -0.4 is 10.5 Å². The van der Waals surface area contributed by atoms with Crippen molar-refractivity contribution in [3.8, 4) is 5.75 Å². The van der Waals surface area contributed by atoms with E-state index in [1.807, 2.05) is 13.0 Å². The lowest BCUT2D eigenvalue weighted by Gasteiger charge is -2.15. The number of likely N-dealkylation sites (tertiary alicyclic amines) is 1. The number of nitrogens with two attached hydrogens (primary N) is 1. The van der Waals surface area contributed by atoms with E-state index < -0.39 is 0 Å². The Labute approximate surface area is 108 Å². The lowest BCUT2D eigenvalue weighted by Crippen LogP contribution is -2.28. The highest BCUT2D eigenvalue weighted by Crippen LogP contribution is 2.19. The highest BCUT2D eigenvalue weighted by atomic mass is 19.1. The zero-order valence-electron chi connectivity index (χ0n) is 10.9. The third-order valence-electron chi connectivity index (χ3n) is 3.32. The average Bonchev–Trinajstić information content (AvgIpc) is 2.76. The molecule has 1 heterocycles. The summed E-state index contributed by atoms with van der Waals surface area (Å²) in [6.45, 7) is 5.30. The van der Waals surface area contributed by atoms with Crippen molar-refractivity contribution < 1.29 is 9.13 Å². The van der Waals surface area contributed by atoms with E-state index in [1.165, 1.54) is 0 Å². The Hall–Kier alpha value is -1.13. The van der Waals surface area contributed by atoms with Gasteiger partial charge < -0.3 is 15.4 Å². The van der Waals surface area contributed by atoms with E-state index in [1.54, 1.807) is 12.1 Å². The van der Waals surface area contributed by atoms with Crippen molar-refractivity contribution in [3.63, 3.8) is 0 Å². The van der Waals surface area contributed by atoms with Gasteiger partial charge in [0.05, 0.1) is 6.61 Å². The Morgan fingerprint density at radius 2 is 2.33 bits per heavy atom. The van der Waals surface area contributed by atoms with E-state index in [-0.39, 0.29) is 5.82 Å². The van der Waals surface area contributed by atoms with Gasteiger partial charge in [-0.25, -0.2) is 4.39 Å². The quantitative estimate of drug-likeness (QED) is 0.868. The van der Waals surface area contributed by atoms with Crippen LogP contribution in [0.4, 0.5) is 4.39 Å². The second kappa shape index (κ2) is 6.16. The maximum absolute atomic E-state index is 13.6. The number of benzene rings is 1. The lowest BCUT2D eigenvalue weighted by atomic mass is 10.1. The van der Waals surface area contributed by atoms with Crippen molar-refractivity contribution in [2.45, 2.75) is 25.8 Å². The van der Waals surface area contributed by atoms with Crippen molar-refractivity contribution >= 4 is 0 Å². The van der Waals surface area contributed by atoms with Crippen molar-refractivity contribution in [2.75, 3.05) is 26.2 Å². The van der Waals surface area contributed by atoms with Crippen LogP contribution >= 0.6 is 0 Å². The molecule has 0 amide bonds. The van der Waals surface area contributed by atoms with Crippen LogP contribution in [-0.2, 0) is 6.42 Å². The summed E-state index contributed by atoms with van der Waals surface area (Å²) in [4.78, 5) is 2.33. The van der Waals surface area contributed by atoms with E-state index >= 15 is 0 Å². The van der Waals surface area contributed by atoms with Gasteiger partial charge >= 0.3 is 0 Å². The molecule has 2 rings (SSSR count). The smallest absolute Gasteiger partial charge is 0.165 e. The topological polar surface area (TPSA) is 38.5 Å². The van der Waals surface area contributed by atoms with E-state index in [0.717, 1.165) is 38.0 Å². The molecule has 0 aromatic heterocycles. The zero-order valence-corrected chi connectivity index (χ0v) is 10.9. The van der Waals surface area contributed by atoms with Gasteiger partial charge in [-0.05, 0) is 44.0 Å². The summed E-state index contributed by atoms with van der Waals surface area (Å²) in [5, 5.41) is 0. The molecule has 18 heavy (non-hydrogen) atoms. The van der Waals surface area contributed by atoms with Gasteiger partial charge in [-0.2, -0.15) is 0 Å². The van der Waals surface area contributed by atoms with Gasteiger partial charge in [0.15, 0.2) is 11.6 Å². The predicted octanol–water partition coefficient (Wildman–Crippen LogP) is 1.80. The molecule has 1 aliphatic heterocycles. The largest absolute Gasteiger partial charge is 0.491 e. The maximum Gasteiger partial charge on any atom is 0.165 e. The van der Waals surface area contributed by atoms with Crippen LogP contribution in [0.1, 0.15) is 18.9 Å². The number of hydrogen-bond acceptors (Lipinski definition) is 3. The fourth-order valence-electron chi connectivity index (χ4n) is 2.33. The van der Waals surface area contributed by atoms with Gasteiger partial charge in [-0.15, -0.1) is 0 Å². The average molecular weight is 252 g/mol. The molecule has 2 N–H and O–H groups in total. The van der Waals surface area contributed by atoms with E-state index in [0.29, 0.717) is 18.4 Å². The van der Waals surface area contributed by atoms with Crippen LogP contribution in [-0.4, -0.2) is 37.2 Å². The molecule has 1 aromatic carbocycles. The number of nitrogens with zero attached hydrogens (tertiary/aromatic N) is 1. The number of halogens is 1. The number of hydrogen-bond donors (Lipinski definition) is 1. The summed E-state index contributed by atoms with van der Waals surface area (Å²) in [5.74, 6) is 0.0666. The van der Waals surface area contributed by atoms with Gasteiger partial charge in [0, 0.05) is 19.1 Å². The molecule has 1 atom stereocenters. The fraction of sp³-hybridized carbons (Fsp3) is 0.571. The molecule has 0 spiro atoms. The first-order valence-corrected chi connectivity index (χ1v) is 6.58. The minimum Gasteiger partial charge on any atom is -0.491 e. The first kappa shape index (κ1) is 13.3. The molecule has 0 bridgehead atoms. The van der Waals surface area contributed by atoms with Gasteiger partial charge in [0.2, 0.25) is 0 Å². The van der Waals surface area contributed by atoms with E-state index in [9.17, 15) is 4.39 Å². The second-order valence-corrected chi connectivity index (χ2v) is 4.80. The minimum absolute atomic E-state index is 0.271. The lowest BCUT2D eigenvalue weighted by molar-refractivity contribution is 0.320. The molecule has 1 aromatic rings. The highest BCUT2D eigenvalue weighted by molar-refractivity contribution is 5.29. The van der Waals surface area contributed by atoms with Crippen LogP contribution in [0, 0.1) is 5.82 Å². The molecule has 0 aliphatic carbocycles. The summed E-state index contributed by atoms with van der Waals surface area (Å²) in [7, 11) is 0. The Morgan fingerprint density at radius 1 is 1.50 bits per heavy atom. The second-order valence-electron chi connectivity index (χ2n) is 4.80. The molecule has 0 radical (unpaired) electrons. The zero-order chi connectivity index (χ0) is 13.0. The Morgan fingerprint density at radius 3 is 2.94 bits per heavy atom. The monoisotopic (exact) mass is 252 g/mol. The standard InChI is InChI=1S/C14H21FN2O/c1-2-18-14-4-3-11(9-13(14)15)5-7-17-8-6-12(16)10-17/h3-4,9,12H,2,5-8,10,16H2,1H3/t12-/m1/s1. The number of ether oxygens (including phenoxy) is 1. The fourth-order valence-corrected chi connectivity index (χ4v) is 2.33. The van der Waals surface area contributed by atoms with Crippen LogP contribution in [0.5, 0.6) is 5.75 Å². The molecule has 4 heteroatoms. The van der Waals surface area contributed by atoms with Gasteiger partial charge in [-0.1, -0.05) is 6.07 Å². The Bertz CT molecular complexity index is 397. The molecule has 3 nitrogen and oxygen atoms in total. The summed E-state index contributed by atoms with van der Waals surface area (Å²) < 4.78 is 18.8. The van der Waals surface area contributed by atoms with Crippen LogP contribution in [0.3, 0.4) is 0 Å². The van der Waals surface area contributed by atoms with Crippen molar-refractivity contribution in [2.24, 2.45) is 5.73 Å². The molecular formula is C14H21FN2O. The Balaban J connectivity index is 1.88. The van der Waals surface area contributed by atoms with Crippen molar-refractivity contribution in [3.05, 3.63) is 29.6 Å². The number of rotatable bonds is 5. The first-order chi connectivity index (χ1) is 8.69. The van der Waals surface area contributed by atoms with Gasteiger partial charge in [0.25, 0.3) is 0 Å². The van der Waals surface area contributed by atoms with Crippen LogP contribution in [0.25, 0.3) is 0 Å². The summed E-state index contributed by atoms with van der Waals surface area (Å²) in [5.41, 5.74) is 6.86. The SMILES string of the molecule is CCOc1ccc(CCN2CC[C@@H](N)C2)cc1F.